The van der Waals surface area contributed by atoms with E-state index in [0.717, 1.165) is 31.9 Å². The van der Waals surface area contributed by atoms with Crippen LogP contribution < -0.4 is 10.6 Å². The highest BCUT2D eigenvalue weighted by Crippen LogP contribution is 2.28. The smallest absolute Gasteiger partial charge is 0.271 e. The van der Waals surface area contributed by atoms with E-state index in [2.05, 4.69) is 27.8 Å². The molecule has 1 aliphatic carbocycles. The maximum absolute atomic E-state index is 11.8. The van der Waals surface area contributed by atoms with Gasteiger partial charge >= 0.3 is 0 Å². The van der Waals surface area contributed by atoms with Crippen LogP contribution in [0.4, 0.5) is 5.82 Å². The molecular weight excluding hydrogens is 268 g/mol. The minimum Gasteiger partial charge on any atom is -0.381 e. The van der Waals surface area contributed by atoms with Crippen LogP contribution in [-0.4, -0.2) is 42.4 Å². The fourth-order valence-corrected chi connectivity index (χ4v) is 1.80. The minimum absolute atomic E-state index is 0.188. The second-order valence-corrected chi connectivity index (χ2v) is 5.36. The van der Waals surface area contributed by atoms with Gasteiger partial charge in [-0.05, 0) is 43.7 Å². The number of aromatic nitrogens is 2. The normalized spacial score (nSPS) is 14.0. The largest absolute Gasteiger partial charge is 0.381 e. The van der Waals surface area contributed by atoms with Crippen molar-refractivity contribution in [2.75, 3.05) is 31.6 Å². The molecule has 1 fully saturated rings. The molecule has 0 bridgehead atoms. The SMILES string of the molecule is CCCNc1ccc(C(=O)NCCCOCC2CC2)nn1. The highest BCUT2D eigenvalue weighted by atomic mass is 16.5. The van der Waals surface area contributed by atoms with Crippen LogP contribution in [0.5, 0.6) is 0 Å². The second kappa shape index (κ2) is 8.56. The van der Waals surface area contributed by atoms with Crippen LogP contribution in [-0.2, 0) is 4.74 Å². The number of amides is 1. The molecule has 0 saturated heterocycles. The van der Waals surface area contributed by atoms with Crippen LogP contribution >= 0.6 is 0 Å². The van der Waals surface area contributed by atoms with Gasteiger partial charge in [-0.15, -0.1) is 10.2 Å². The minimum atomic E-state index is -0.188. The Kier molecular flexibility index (Phi) is 6.40. The van der Waals surface area contributed by atoms with E-state index < -0.39 is 0 Å². The van der Waals surface area contributed by atoms with Crippen LogP contribution in [0, 0.1) is 5.92 Å². The van der Waals surface area contributed by atoms with Gasteiger partial charge in [-0.3, -0.25) is 4.79 Å². The average molecular weight is 292 g/mol. The first-order valence-electron chi connectivity index (χ1n) is 7.73. The molecule has 6 heteroatoms. The Balaban J connectivity index is 1.60. The average Bonchev–Trinajstić information content (AvgIpc) is 3.33. The van der Waals surface area contributed by atoms with Gasteiger partial charge in [-0.1, -0.05) is 6.92 Å². The number of hydrogen-bond acceptors (Lipinski definition) is 5. The van der Waals surface area contributed by atoms with Crippen molar-refractivity contribution in [1.82, 2.24) is 15.5 Å². The lowest BCUT2D eigenvalue weighted by atomic mass is 10.3. The molecule has 0 radical (unpaired) electrons. The summed E-state index contributed by atoms with van der Waals surface area (Å²) in [5.74, 6) is 1.29. The molecule has 0 atom stereocenters. The van der Waals surface area contributed by atoms with Gasteiger partial charge in [0.2, 0.25) is 0 Å². The summed E-state index contributed by atoms with van der Waals surface area (Å²) in [6, 6.07) is 3.46. The van der Waals surface area contributed by atoms with Crippen LogP contribution in [0.25, 0.3) is 0 Å². The Morgan fingerprint density at radius 1 is 1.33 bits per heavy atom. The standard InChI is InChI=1S/C15H24N4O2/c1-2-8-16-14-7-6-13(18-19-14)15(20)17-9-3-10-21-11-12-4-5-12/h6-7,12H,2-5,8-11H2,1H3,(H,16,19)(H,17,20). The number of nitrogens with zero attached hydrogens (tertiary/aromatic N) is 2. The van der Waals surface area contributed by atoms with Crippen molar-refractivity contribution in [3.63, 3.8) is 0 Å². The van der Waals surface area contributed by atoms with E-state index in [1.54, 1.807) is 12.1 Å². The van der Waals surface area contributed by atoms with Crippen molar-refractivity contribution in [2.24, 2.45) is 5.92 Å². The Morgan fingerprint density at radius 2 is 2.19 bits per heavy atom. The lowest BCUT2D eigenvalue weighted by Gasteiger charge is -2.06. The molecule has 116 valence electrons. The molecule has 1 aliphatic rings. The van der Waals surface area contributed by atoms with Crippen molar-refractivity contribution >= 4 is 11.7 Å². The monoisotopic (exact) mass is 292 g/mol. The highest BCUT2D eigenvalue weighted by Gasteiger charge is 2.20. The lowest BCUT2D eigenvalue weighted by Crippen LogP contribution is -2.26. The Morgan fingerprint density at radius 3 is 2.86 bits per heavy atom. The van der Waals surface area contributed by atoms with Gasteiger partial charge in [-0.2, -0.15) is 0 Å². The quantitative estimate of drug-likeness (QED) is 0.644. The molecule has 1 saturated carbocycles. The molecule has 2 rings (SSSR count). The number of carbonyl (C=O) groups excluding carboxylic acids is 1. The van der Waals surface area contributed by atoms with E-state index in [9.17, 15) is 4.79 Å². The summed E-state index contributed by atoms with van der Waals surface area (Å²) in [4.78, 5) is 11.8. The number of nitrogens with one attached hydrogen (secondary N) is 2. The Hall–Kier alpha value is -1.69. The van der Waals surface area contributed by atoms with Crippen molar-refractivity contribution in [1.29, 1.82) is 0 Å². The summed E-state index contributed by atoms with van der Waals surface area (Å²) >= 11 is 0. The van der Waals surface area contributed by atoms with E-state index in [0.29, 0.717) is 24.7 Å². The Labute approximate surface area is 125 Å². The number of carbonyl (C=O) groups is 1. The number of hydrogen-bond donors (Lipinski definition) is 2. The Bertz CT molecular complexity index is 432. The third-order valence-electron chi connectivity index (χ3n) is 3.25. The van der Waals surface area contributed by atoms with Crippen LogP contribution in [0.15, 0.2) is 12.1 Å². The molecule has 0 aromatic carbocycles. The number of rotatable bonds is 10. The van der Waals surface area contributed by atoms with Crippen LogP contribution in [0.3, 0.4) is 0 Å². The predicted molar refractivity (Wildman–Crippen MR) is 81.3 cm³/mol. The van der Waals surface area contributed by atoms with E-state index in [-0.39, 0.29) is 5.91 Å². The molecule has 6 nitrogen and oxygen atoms in total. The molecule has 21 heavy (non-hydrogen) atoms. The van der Waals surface area contributed by atoms with Gasteiger partial charge in [0.15, 0.2) is 5.69 Å². The first-order valence-corrected chi connectivity index (χ1v) is 7.73. The zero-order chi connectivity index (χ0) is 14.9. The third-order valence-corrected chi connectivity index (χ3v) is 3.25. The molecule has 2 N–H and O–H groups in total. The highest BCUT2D eigenvalue weighted by molar-refractivity contribution is 5.92. The molecule has 1 heterocycles. The van der Waals surface area contributed by atoms with Crippen molar-refractivity contribution < 1.29 is 9.53 Å². The summed E-state index contributed by atoms with van der Waals surface area (Å²) in [6.45, 7) is 5.09. The third kappa shape index (κ3) is 6.08. The summed E-state index contributed by atoms with van der Waals surface area (Å²) < 4.78 is 5.51. The van der Waals surface area contributed by atoms with Gasteiger partial charge < -0.3 is 15.4 Å². The molecule has 1 aromatic heterocycles. The lowest BCUT2D eigenvalue weighted by molar-refractivity contribution is 0.0931. The second-order valence-electron chi connectivity index (χ2n) is 5.36. The predicted octanol–water partition coefficient (Wildman–Crippen LogP) is 1.84. The van der Waals surface area contributed by atoms with Crippen molar-refractivity contribution in [3.05, 3.63) is 17.8 Å². The topological polar surface area (TPSA) is 76.1 Å². The molecule has 1 amide bonds. The first kappa shape index (κ1) is 15.7. The number of anilines is 1. The van der Waals surface area contributed by atoms with E-state index in [1.807, 2.05) is 0 Å². The molecule has 0 unspecified atom stereocenters. The van der Waals surface area contributed by atoms with Crippen molar-refractivity contribution in [2.45, 2.75) is 32.6 Å². The van der Waals surface area contributed by atoms with E-state index in [4.69, 9.17) is 4.74 Å². The van der Waals surface area contributed by atoms with Crippen LogP contribution in [0.1, 0.15) is 43.1 Å². The van der Waals surface area contributed by atoms with E-state index >= 15 is 0 Å². The zero-order valence-electron chi connectivity index (χ0n) is 12.6. The maximum Gasteiger partial charge on any atom is 0.271 e. The summed E-state index contributed by atoms with van der Waals surface area (Å²) in [6.07, 6.45) is 4.45. The summed E-state index contributed by atoms with van der Waals surface area (Å²) in [5.41, 5.74) is 0.343. The van der Waals surface area contributed by atoms with E-state index in [1.165, 1.54) is 12.8 Å². The molecule has 0 aliphatic heterocycles. The fraction of sp³-hybridized carbons (Fsp3) is 0.667. The first-order chi connectivity index (χ1) is 10.3. The van der Waals surface area contributed by atoms with Gasteiger partial charge in [0.05, 0.1) is 0 Å². The molecule has 1 aromatic rings. The molecule has 0 spiro atoms. The summed E-state index contributed by atoms with van der Waals surface area (Å²) in [5, 5.41) is 13.8. The summed E-state index contributed by atoms with van der Waals surface area (Å²) in [7, 11) is 0. The van der Waals surface area contributed by atoms with Gasteiger partial charge in [-0.25, -0.2) is 0 Å². The molecular formula is C15H24N4O2. The maximum atomic E-state index is 11.8. The van der Waals surface area contributed by atoms with Crippen LogP contribution in [0.2, 0.25) is 0 Å². The van der Waals surface area contributed by atoms with Crippen molar-refractivity contribution in [3.8, 4) is 0 Å². The zero-order valence-corrected chi connectivity index (χ0v) is 12.6. The van der Waals surface area contributed by atoms with Gasteiger partial charge in [0.1, 0.15) is 5.82 Å². The fourth-order valence-electron chi connectivity index (χ4n) is 1.80. The number of ether oxygens (including phenoxy) is 1. The van der Waals surface area contributed by atoms with Gasteiger partial charge in [0, 0.05) is 26.3 Å². The van der Waals surface area contributed by atoms with Gasteiger partial charge in [0.25, 0.3) is 5.91 Å².